The molecule has 8 heteroatoms. The third kappa shape index (κ3) is 5.09. The first kappa shape index (κ1) is 23.0. The van der Waals surface area contributed by atoms with E-state index in [1.807, 2.05) is 24.3 Å². The van der Waals surface area contributed by atoms with Crippen LogP contribution >= 0.6 is 0 Å². The Morgan fingerprint density at radius 2 is 1.62 bits per heavy atom. The second-order valence-corrected chi connectivity index (χ2v) is 10.6. The molecule has 32 heavy (non-hydrogen) atoms. The molecule has 2 saturated heterocycles. The van der Waals surface area contributed by atoms with Crippen LogP contribution in [-0.4, -0.2) is 62.4 Å². The van der Waals surface area contributed by atoms with Crippen LogP contribution in [0.1, 0.15) is 35.6 Å². The SMILES string of the molecule is CS(=O)(=O)C(=C1CN(Cc2ccc(C(CO)N3CCCC3)cc2)C1)c1cc(F)cc(F)c1. The van der Waals surface area contributed by atoms with Crippen molar-refractivity contribution in [1.29, 1.82) is 0 Å². The van der Waals surface area contributed by atoms with Crippen LogP contribution in [-0.2, 0) is 16.4 Å². The van der Waals surface area contributed by atoms with Crippen molar-refractivity contribution >= 4 is 14.7 Å². The van der Waals surface area contributed by atoms with Gasteiger partial charge in [-0.05, 0) is 60.3 Å². The smallest absolute Gasteiger partial charge is 0.176 e. The molecule has 2 fully saturated rings. The molecule has 1 unspecified atom stereocenters. The largest absolute Gasteiger partial charge is 0.394 e. The highest BCUT2D eigenvalue weighted by Crippen LogP contribution is 2.32. The number of halogens is 2. The van der Waals surface area contributed by atoms with Crippen LogP contribution in [0, 0.1) is 11.6 Å². The van der Waals surface area contributed by atoms with E-state index < -0.39 is 21.5 Å². The molecule has 172 valence electrons. The van der Waals surface area contributed by atoms with E-state index in [4.69, 9.17) is 0 Å². The van der Waals surface area contributed by atoms with Gasteiger partial charge in [0.1, 0.15) is 11.6 Å². The maximum absolute atomic E-state index is 13.7. The summed E-state index contributed by atoms with van der Waals surface area (Å²) in [5.41, 5.74) is 2.89. The van der Waals surface area contributed by atoms with Gasteiger partial charge in [0.2, 0.25) is 0 Å². The predicted molar refractivity (Wildman–Crippen MR) is 120 cm³/mol. The van der Waals surface area contributed by atoms with E-state index >= 15 is 0 Å². The second kappa shape index (κ2) is 9.39. The van der Waals surface area contributed by atoms with Gasteiger partial charge in [0.25, 0.3) is 0 Å². The molecule has 2 aliphatic heterocycles. The molecule has 0 spiro atoms. The Labute approximate surface area is 187 Å². The number of benzene rings is 2. The molecule has 0 amide bonds. The summed E-state index contributed by atoms with van der Waals surface area (Å²) in [5, 5.41) is 9.83. The molecule has 1 N–H and O–H groups in total. The Morgan fingerprint density at radius 3 is 2.16 bits per heavy atom. The predicted octanol–water partition coefficient (Wildman–Crippen LogP) is 3.37. The Bertz CT molecular complexity index is 1080. The standard InChI is InChI=1S/C24H28F2N2O3S/c1-32(30,31)24(19-10-21(25)12-22(26)11-19)20-14-27(15-20)13-17-4-6-18(7-5-17)23(16-29)28-8-2-3-9-28/h4-7,10-12,23,29H,2-3,8-9,13-16H2,1H3. The highest BCUT2D eigenvalue weighted by molar-refractivity contribution is 8.00. The number of aliphatic hydroxyl groups excluding tert-OH is 1. The Hall–Kier alpha value is -2.13. The molecule has 4 rings (SSSR count). The van der Waals surface area contributed by atoms with E-state index in [0.29, 0.717) is 25.2 Å². The summed E-state index contributed by atoms with van der Waals surface area (Å²) in [4.78, 5) is 4.40. The van der Waals surface area contributed by atoms with Crippen LogP contribution in [0.15, 0.2) is 48.0 Å². The zero-order valence-corrected chi connectivity index (χ0v) is 18.9. The van der Waals surface area contributed by atoms with Gasteiger partial charge < -0.3 is 5.11 Å². The lowest BCUT2D eigenvalue weighted by atomic mass is 10.0. The average molecular weight is 463 g/mol. The molecule has 0 aliphatic carbocycles. The van der Waals surface area contributed by atoms with Gasteiger partial charge in [0, 0.05) is 32.0 Å². The minimum absolute atomic E-state index is 0.0129. The van der Waals surface area contributed by atoms with Crippen molar-refractivity contribution < 1.29 is 22.3 Å². The van der Waals surface area contributed by atoms with Gasteiger partial charge in [0.05, 0.1) is 17.6 Å². The van der Waals surface area contributed by atoms with E-state index in [1.165, 1.54) is 0 Å². The summed E-state index contributed by atoms with van der Waals surface area (Å²) in [7, 11) is -3.64. The Morgan fingerprint density at radius 1 is 1.03 bits per heavy atom. The molecule has 2 heterocycles. The zero-order chi connectivity index (χ0) is 22.9. The third-order valence-corrected chi connectivity index (χ3v) is 7.44. The summed E-state index contributed by atoms with van der Waals surface area (Å²) < 4.78 is 52.0. The van der Waals surface area contributed by atoms with Crippen LogP contribution < -0.4 is 0 Å². The van der Waals surface area contributed by atoms with Crippen LogP contribution in [0.4, 0.5) is 8.78 Å². The van der Waals surface area contributed by atoms with Gasteiger partial charge in [-0.1, -0.05) is 24.3 Å². The summed E-state index contributed by atoms with van der Waals surface area (Å²) in [6.07, 6.45) is 3.39. The van der Waals surface area contributed by atoms with E-state index in [1.54, 1.807) is 0 Å². The van der Waals surface area contributed by atoms with Gasteiger partial charge in [-0.25, -0.2) is 17.2 Å². The summed E-state index contributed by atoms with van der Waals surface area (Å²) in [6, 6.07) is 11.0. The summed E-state index contributed by atoms with van der Waals surface area (Å²) in [5.74, 6) is -1.60. The fourth-order valence-corrected chi connectivity index (χ4v) is 5.90. The average Bonchev–Trinajstić information content (AvgIpc) is 3.20. The molecule has 0 saturated carbocycles. The van der Waals surface area contributed by atoms with Crippen molar-refractivity contribution in [2.45, 2.75) is 25.4 Å². The van der Waals surface area contributed by atoms with Crippen LogP contribution in [0.5, 0.6) is 0 Å². The maximum atomic E-state index is 13.7. The lowest BCUT2D eigenvalue weighted by Crippen LogP contribution is -2.40. The van der Waals surface area contributed by atoms with E-state index in [-0.39, 0.29) is 23.1 Å². The van der Waals surface area contributed by atoms with Gasteiger partial charge in [-0.3, -0.25) is 9.80 Å². The number of rotatable bonds is 7. The number of hydrogen-bond acceptors (Lipinski definition) is 5. The van der Waals surface area contributed by atoms with Crippen molar-refractivity contribution in [3.8, 4) is 0 Å². The maximum Gasteiger partial charge on any atom is 0.176 e. The van der Waals surface area contributed by atoms with Gasteiger partial charge in [0.15, 0.2) is 9.84 Å². The zero-order valence-electron chi connectivity index (χ0n) is 18.1. The molecular weight excluding hydrogens is 434 g/mol. The van der Waals surface area contributed by atoms with Crippen LogP contribution in [0.3, 0.4) is 0 Å². The first-order valence-electron chi connectivity index (χ1n) is 10.8. The van der Waals surface area contributed by atoms with Crippen molar-refractivity contribution in [2.24, 2.45) is 0 Å². The monoisotopic (exact) mass is 462 g/mol. The van der Waals surface area contributed by atoms with Crippen molar-refractivity contribution in [1.82, 2.24) is 9.80 Å². The number of hydrogen-bond donors (Lipinski definition) is 1. The summed E-state index contributed by atoms with van der Waals surface area (Å²) in [6.45, 7) is 3.60. The normalized spacial score (nSPS) is 18.6. The molecule has 2 aromatic rings. The first-order valence-corrected chi connectivity index (χ1v) is 12.7. The minimum Gasteiger partial charge on any atom is -0.394 e. The Kier molecular flexibility index (Phi) is 6.76. The third-order valence-electron chi connectivity index (χ3n) is 6.17. The number of nitrogens with zero attached hydrogens (tertiary/aromatic N) is 2. The molecule has 5 nitrogen and oxygen atoms in total. The fraction of sp³-hybridized carbons (Fsp3) is 0.417. The van der Waals surface area contributed by atoms with E-state index in [0.717, 1.165) is 61.5 Å². The number of sulfone groups is 1. The quantitative estimate of drug-likeness (QED) is 0.684. The lowest BCUT2D eigenvalue weighted by molar-refractivity contribution is 0.147. The molecular formula is C24H28F2N2O3S. The molecule has 2 aromatic carbocycles. The molecule has 0 aromatic heterocycles. The minimum atomic E-state index is -3.64. The second-order valence-electron chi connectivity index (χ2n) is 8.69. The highest BCUT2D eigenvalue weighted by Gasteiger charge is 2.29. The van der Waals surface area contributed by atoms with Crippen molar-refractivity contribution in [3.63, 3.8) is 0 Å². The molecule has 2 aliphatic rings. The molecule has 0 radical (unpaired) electrons. The summed E-state index contributed by atoms with van der Waals surface area (Å²) >= 11 is 0. The van der Waals surface area contributed by atoms with E-state index in [9.17, 15) is 22.3 Å². The first-order chi connectivity index (χ1) is 15.2. The van der Waals surface area contributed by atoms with Gasteiger partial charge >= 0.3 is 0 Å². The topological polar surface area (TPSA) is 60.9 Å². The van der Waals surface area contributed by atoms with Gasteiger partial charge in [-0.15, -0.1) is 0 Å². The highest BCUT2D eigenvalue weighted by atomic mass is 32.2. The Balaban J connectivity index is 1.46. The molecule has 0 bridgehead atoms. The molecule has 1 atom stereocenters. The fourth-order valence-electron chi connectivity index (χ4n) is 4.70. The van der Waals surface area contributed by atoms with Crippen LogP contribution in [0.25, 0.3) is 4.91 Å². The number of aliphatic hydroxyl groups is 1. The van der Waals surface area contributed by atoms with Crippen molar-refractivity contribution in [2.75, 3.05) is 39.0 Å². The lowest BCUT2D eigenvalue weighted by Gasteiger charge is -2.36. The van der Waals surface area contributed by atoms with Gasteiger partial charge in [-0.2, -0.15) is 0 Å². The number of likely N-dealkylation sites (tertiary alicyclic amines) is 2. The van der Waals surface area contributed by atoms with Crippen LogP contribution in [0.2, 0.25) is 0 Å². The van der Waals surface area contributed by atoms with Crippen molar-refractivity contribution in [3.05, 3.63) is 76.4 Å². The van der Waals surface area contributed by atoms with E-state index in [2.05, 4.69) is 9.80 Å².